The van der Waals surface area contributed by atoms with Gasteiger partial charge in [0.25, 0.3) is 11.8 Å². The summed E-state index contributed by atoms with van der Waals surface area (Å²) in [6.45, 7) is 0. The van der Waals surface area contributed by atoms with Gasteiger partial charge in [0, 0.05) is 0 Å². The van der Waals surface area contributed by atoms with Gasteiger partial charge in [0.2, 0.25) is 0 Å². The minimum absolute atomic E-state index is 0.0266. The number of nitrogens with one attached hydrogen (secondary N) is 1. The summed E-state index contributed by atoms with van der Waals surface area (Å²) in [5.74, 6) is 0.186. The van der Waals surface area contributed by atoms with Crippen molar-refractivity contribution in [1.82, 2.24) is 10.2 Å². The fourth-order valence-corrected chi connectivity index (χ4v) is 1.80. The summed E-state index contributed by atoms with van der Waals surface area (Å²) in [7, 11) is 0. The van der Waals surface area contributed by atoms with Crippen molar-refractivity contribution in [3.05, 3.63) is 53.2 Å². The molecule has 1 amide bonds. The molecule has 0 unspecified atom stereocenters. The topological polar surface area (TPSA) is 81.2 Å². The number of benzene rings is 1. The Balaban J connectivity index is 1.79. The zero-order valence-electron chi connectivity index (χ0n) is 10.0. The normalized spacial score (nSPS) is 10.4. The quantitative estimate of drug-likeness (QED) is 0.800. The molecule has 0 bridgehead atoms. The summed E-state index contributed by atoms with van der Waals surface area (Å²) >= 11 is 5.93. The second kappa shape index (κ2) is 5.18. The maximum atomic E-state index is 12.0. The Labute approximate surface area is 118 Å². The monoisotopic (exact) mass is 289 g/mol. The maximum absolute atomic E-state index is 12.0. The maximum Gasteiger partial charge on any atom is 0.322 e. The Kier molecular flexibility index (Phi) is 3.22. The lowest BCUT2D eigenvalue weighted by Gasteiger charge is -2.01. The van der Waals surface area contributed by atoms with Gasteiger partial charge < -0.3 is 8.83 Å². The second-order valence-electron chi connectivity index (χ2n) is 3.82. The number of anilines is 1. The van der Waals surface area contributed by atoms with Gasteiger partial charge in [0.15, 0.2) is 5.76 Å². The number of amides is 1. The molecule has 0 fully saturated rings. The van der Waals surface area contributed by atoms with Gasteiger partial charge in [0.1, 0.15) is 0 Å². The highest BCUT2D eigenvalue weighted by molar-refractivity contribution is 6.34. The first kappa shape index (κ1) is 12.4. The molecule has 0 saturated carbocycles. The van der Waals surface area contributed by atoms with Crippen LogP contribution in [0.15, 0.2) is 51.5 Å². The molecule has 1 N–H and O–H groups in total. The van der Waals surface area contributed by atoms with Crippen LogP contribution in [0.5, 0.6) is 0 Å². The van der Waals surface area contributed by atoms with Crippen molar-refractivity contribution < 1.29 is 13.6 Å². The Bertz CT molecular complexity index is 737. The lowest BCUT2D eigenvalue weighted by Crippen LogP contribution is -2.12. The van der Waals surface area contributed by atoms with Gasteiger partial charge in [-0.15, -0.1) is 5.10 Å². The van der Waals surface area contributed by atoms with E-state index in [9.17, 15) is 4.79 Å². The molecule has 3 rings (SSSR count). The van der Waals surface area contributed by atoms with E-state index in [0.717, 1.165) is 0 Å². The fourth-order valence-electron chi connectivity index (χ4n) is 1.58. The molecule has 0 aliphatic carbocycles. The molecule has 0 radical (unpaired) electrons. The van der Waals surface area contributed by atoms with Gasteiger partial charge in [-0.25, -0.2) is 0 Å². The largest absolute Gasteiger partial charge is 0.459 e. The molecule has 100 valence electrons. The summed E-state index contributed by atoms with van der Waals surface area (Å²) in [6, 6.07) is 10.0. The number of carbonyl (C=O) groups excluding carboxylic acids is 1. The summed E-state index contributed by atoms with van der Waals surface area (Å²) < 4.78 is 10.4. The van der Waals surface area contributed by atoms with Crippen LogP contribution in [0.4, 0.5) is 6.01 Å². The van der Waals surface area contributed by atoms with Gasteiger partial charge >= 0.3 is 6.01 Å². The first-order valence-electron chi connectivity index (χ1n) is 5.67. The Morgan fingerprint density at radius 1 is 1.15 bits per heavy atom. The number of furan rings is 1. The average molecular weight is 290 g/mol. The minimum atomic E-state index is -0.426. The zero-order chi connectivity index (χ0) is 13.9. The summed E-state index contributed by atoms with van der Waals surface area (Å²) in [5.41, 5.74) is 0.326. The molecule has 0 spiro atoms. The smallest absolute Gasteiger partial charge is 0.322 e. The van der Waals surface area contributed by atoms with Crippen LogP contribution >= 0.6 is 11.6 Å². The molecule has 1 aromatic carbocycles. The van der Waals surface area contributed by atoms with Crippen LogP contribution in [0.2, 0.25) is 5.02 Å². The molecule has 6 nitrogen and oxygen atoms in total. The van der Waals surface area contributed by atoms with Gasteiger partial charge in [-0.3, -0.25) is 10.1 Å². The average Bonchev–Trinajstić information content (AvgIpc) is 3.09. The SMILES string of the molecule is O=C(Nc1nnc(-c2ccco2)o1)c1ccccc1Cl. The first-order valence-corrected chi connectivity index (χ1v) is 6.05. The fraction of sp³-hybridized carbons (Fsp3) is 0. The first-order chi connectivity index (χ1) is 9.74. The molecule has 20 heavy (non-hydrogen) atoms. The number of carbonyl (C=O) groups is 1. The van der Waals surface area contributed by atoms with E-state index in [2.05, 4.69) is 15.5 Å². The van der Waals surface area contributed by atoms with Gasteiger partial charge in [-0.1, -0.05) is 28.8 Å². The van der Waals surface area contributed by atoms with Crippen LogP contribution in [0.3, 0.4) is 0 Å². The van der Waals surface area contributed by atoms with E-state index in [4.69, 9.17) is 20.4 Å². The van der Waals surface area contributed by atoms with E-state index in [1.807, 2.05) is 0 Å². The lowest BCUT2D eigenvalue weighted by molar-refractivity contribution is 0.102. The molecule has 0 aliphatic rings. The number of hydrogen-bond donors (Lipinski definition) is 1. The van der Waals surface area contributed by atoms with Gasteiger partial charge in [-0.2, -0.15) is 0 Å². The van der Waals surface area contributed by atoms with E-state index in [1.165, 1.54) is 6.26 Å². The second-order valence-corrected chi connectivity index (χ2v) is 4.23. The van der Waals surface area contributed by atoms with Crippen LogP contribution in [0.25, 0.3) is 11.7 Å². The van der Waals surface area contributed by atoms with E-state index in [-0.39, 0.29) is 11.9 Å². The minimum Gasteiger partial charge on any atom is -0.459 e. The molecular weight excluding hydrogens is 282 g/mol. The van der Waals surface area contributed by atoms with E-state index in [0.29, 0.717) is 16.3 Å². The van der Waals surface area contributed by atoms with Crippen LogP contribution in [0, 0.1) is 0 Å². The third kappa shape index (κ3) is 2.41. The van der Waals surface area contributed by atoms with Crippen molar-refractivity contribution in [3.8, 4) is 11.7 Å². The summed E-state index contributed by atoms with van der Waals surface area (Å²) in [6.07, 6.45) is 1.49. The highest BCUT2D eigenvalue weighted by Gasteiger charge is 2.15. The third-order valence-electron chi connectivity index (χ3n) is 2.50. The highest BCUT2D eigenvalue weighted by Crippen LogP contribution is 2.21. The number of aromatic nitrogens is 2. The number of halogens is 1. The molecule has 3 aromatic rings. The Morgan fingerprint density at radius 3 is 2.75 bits per heavy atom. The van der Waals surface area contributed by atoms with Crippen LogP contribution < -0.4 is 5.32 Å². The van der Waals surface area contributed by atoms with Gasteiger partial charge in [-0.05, 0) is 24.3 Å². The van der Waals surface area contributed by atoms with Crippen molar-refractivity contribution in [3.63, 3.8) is 0 Å². The van der Waals surface area contributed by atoms with E-state index >= 15 is 0 Å². The molecule has 2 heterocycles. The number of hydrogen-bond acceptors (Lipinski definition) is 5. The molecule has 0 atom stereocenters. The predicted octanol–water partition coefficient (Wildman–Crippen LogP) is 3.24. The highest BCUT2D eigenvalue weighted by atomic mass is 35.5. The molecule has 0 aliphatic heterocycles. The standard InChI is InChI=1S/C13H8ClN3O3/c14-9-5-2-1-4-8(9)11(18)15-13-17-16-12(20-13)10-6-3-7-19-10/h1-7H,(H,15,17,18). The van der Waals surface area contributed by atoms with Crippen molar-refractivity contribution in [1.29, 1.82) is 0 Å². The van der Waals surface area contributed by atoms with Gasteiger partial charge in [0.05, 0.1) is 16.8 Å². The van der Waals surface area contributed by atoms with E-state index < -0.39 is 5.91 Å². The van der Waals surface area contributed by atoms with Crippen molar-refractivity contribution in [2.45, 2.75) is 0 Å². The third-order valence-corrected chi connectivity index (χ3v) is 2.83. The Morgan fingerprint density at radius 2 is 2.00 bits per heavy atom. The van der Waals surface area contributed by atoms with Crippen LogP contribution in [-0.4, -0.2) is 16.1 Å². The van der Waals surface area contributed by atoms with E-state index in [1.54, 1.807) is 36.4 Å². The zero-order valence-corrected chi connectivity index (χ0v) is 10.8. The lowest BCUT2D eigenvalue weighted by atomic mass is 10.2. The van der Waals surface area contributed by atoms with Crippen molar-refractivity contribution in [2.75, 3.05) is 5.32 Å². The number of nitrogens with zero attached hydrogens (tertiary/aromatic N) is 2. The van der Waals surface area contributed by atoms with Crippen molar-refractivity contribution >= 4 is 23.5 Å². The molecule has 2 aromatic heterocycles. The molecule has 0 saturated heterocycles. The summed E-state index contributed by atoms with van der Waals surface area (Å²) in [5, 5.41) is 10.3. The molecule has 7 heteroatoms. The Hall–Kier alpha value is -2.60. The van der Waals surface area contributed by atoms with Crippen LogP contribution in [-0.2, 0) is 0 Å². The summed E-state index contributed by atoms with van der Waals surface area (Å²) in [4.78, 5) is 12.0. The van der Waals surface area contributed by atoms with Crippen molar-refractivity contribution in [2.24, 2.45) is 0 Å². The number of rotatable bonds is 3. The predicted molar refractivity (Wildman–Crippen MR) is 71.4 cm³/mol. The van der Waals surface area contributed by atoms with Crippen LogP contribution in [0.1, 0.15) is 10.4 Å². The molecular formula is C13H8ClN3O3.